The van der Waals surface area contributed by atoms with E-state index in [2.05, 4.69) is 16.9 Å². The van der Waals surface area contributed by atoms with E-state index in [-0.39, 0.29) is 6.61 Å². The molecule has 0 unspecified atom stereocenters. The molecule has 2 rings (SSSR count). The largest absolute Gasteiger partial charge is 0.392 e. The topological polar surface area (TPSA) is 36.4 Å². The number of nitrogens with zero attached hydrogens (tertiary/aromatic N) is 2. The Hall–Kier alpha value is -1.09. The van der Waals surface area contributed by atoms with Crippen LogP contribution < -0.4 is 4.90 Å². The number of rotatable bonds is 3. The van der Waals surface area contributed by atoms with Gasteiger partial charge in [-0.15, -0.1) is 0 Å². The second-order valence-corrected chi connectivity index (χ2v) is 5.39. The average molecular weight is 248 g/mol. The maximum Gasteiger partial charge on any atom is 0.129 e. The molecule has 3 heteroatoms. The summed E-state index contributed by atoms with van der Waals surface area (Å²) in [6.07, 6.45) is 7.92. The van der Waals surface area contributed by atoms with Crippen LogP contribution >= 0.6 is 0 Å². The normalized spacial score (nSPS) is 17.5. The van der Waals surface area contributed by atoms with Crippen molar-refractivity contribution >= 4 is 5.82 Å². The third-order valence-corrected chi connectivity index (χ3v) is 3.92. The summed E-state index contributed by atoms with van der Waals surface area (Å²) in [4.78, 5) is 6.91. The lowest BCUT2D eigenvalue weighted by molar-refractivity contribution is 0.281. The van der Waals surface area contributed by atoms with E-state index in [1.807, 2.05) is 19.1 Å². The van der Waals surface area contributed by atoms with Crippen LogP contribution in [-0.4, -0.2) is 23.2 Å². The number of aryl methyl sites for hydroxylation is 1. The molecule has 0 saturated heterocycles. The van der Waals surface area contributed by atoms with Gasteiger partial charge in [0.15, 0.2) is 0 Å². The summed E-state index contributed by atoms with van der Waals surface area (Å²) >= 11 is 0. The van der Waals surface area contributed by atoms with Gasteiger partial charge in [-0.2, -0.15) is 0 Å². The van der Waals surface area contributed by atoms with E-state index in [0.717, 1.165) is 17.1 Å². The highest BCUT2D eigenvalue weighted by Crippen LogP contribution is 2.25. The van der Waals surface area contributed by atoms with Gasteiger partial charge < -0.3 is 10.0 Å². The Morgan fingerprint density at radius 1 is 1.22 bits per heavy atom. The molecule has 0 aromatic carbocycles. The molecule has 0 atom stereocenters. The smallest absolute Gasteiger partial charge is 0.129 e. The predicted molar refractivity (Wildman–Crippen MR) is 74.8 cm³/mol. The molecule has 0 radical (unpaired) electrons. The zero-order chi connectivity index (χ0) is 13.0. The molecular formula is C15H24N2O. The van der Waals surface area contributed by atoms with Crippen LogP contribution in [0.5, 0.6) is 0 Å². The molecule has 0 spiro atoms. The van der Waals surface area contributed by atoms with Crippen LogP contribution in [0.1, 0.15) is 49.8 Å². The minimum Gasteiger partial charge on any atom is -0.392 e. The molecule has 1 saturated carbocycles. The molecule has 18 heavy (non-hydrogen) atoms. The highest BCUT2D eigenvalue weighted by Gasteiger charge is 2.18. The summed E-state index contributed by atoms with van der Waals surface area (Å²) in [6.45, 7) is 2.08. The molecule has 1 aliphatic rings. The van der Waals surface area contributed by atoms with Gasteiger partial charge in [-0.1, -0.05) is 25.7 Å². The Kier molecular flexibility index (Phi) is 4.59. The number of hydrogen-bond donors (Lipinski definition) is 1. The highest BCUT2D eigenvalue weighted by atomic mass is 16.3. The van der Waals surface area contributed by atoms with Gasteiger partial charge in [-0.05, 0) is 37.5 Å². The first kappa shape index (κ1) is 13.3. The number of aliphatic hydroxyl groups excluding tert-OH is 1. The van der Waals surface area contributed by atoms with E-state index < -0.39 is 0 Å². The van der Waals surface area contributed by atoms with Crippen molar-refractivity contribution in [3.63, 3.8) is 0 Å². The molecule has 1 fully saturated rings. The number of anilines is 1. The Balaban J connectivity index is 2.15. The monoisotopic (exact) mass is 248 g/mol. The van der Waals surface area contributed by atoms with E-state index >= 15 is 0 Å². The molecule has 0 bridgehead atoms. The van der Waals surface area contributed by atoms with Gasteiger partial charge in [0, 0.05) is 18.8 Å². The fraction of sp³-hybridized carbons (Fsp3) is 0.667. The molecule has 0 aliphatic heterocycles. The summed E-state index contributed by atoms with van der Waals surface area (Å²) in [6, 6.07) is 4.57. The van der Waals surface area contributed by atoms with Crippen molar-refractivity contribution in [3.05, 3.63) is 23.4 Å². The quantitative estimate of drug-likeness (QED) is 0.835. The van der Waals surface area contributed by atoms with Crippen molar-refractivity contribution in [2.45, 2.75) is 58.1 Å². The molecule has 0 amide bonds. The standard InChI is InChI=1S/C15H24N2O/c1-12-9-13(11-18)10-15(16-12)17(2)14-7-5-3-4-6-8-14/h9-10,14,18H,3-8,11H2,1-2H3. The van der Waals surface area contributed by atoms with Gasteiger partial charge in [0.1, 0.15) is 5.82 Å². The van der Waals surface area contributed by atoms with E-state index in [0.29, 0.717) is 6.04 Å². The minimum atomic E-state index is 0.0921. The van der Waals surface area contributed by atoms with Crippen LogP contribution in [-0.2, 0) is 6.61 Å². The third-order valence-electron chi connectivity index (χ3n) is 3.92. The highest BCUT2D eigenvalue weighted by molar-refractivity contribution is 5.42. The number of aliphatic hydroxyl groups is 1. The van der Waals surface area contributed by atoms with Crippen LogP contribution in [0.15, 0.2) is 12.1 Å². The Labute approximate surface area is 110 Å². The van der Waals surface area contributed by atoms with Gasteiger partial charge in [-0.3, -0.25) is 0 Å². The summed E-state index contributed by atoms with van der Waals surface area (Å²) < 4.78 is 0. The third kappa shape index (κ3) is 3.22. The van der Waals surface area contributed by atoms with Crippen molar-refractivity contribution in [2.75, 3.05) is 11.9 Å². The fourth-order valence-electron chi connectivity index (χ4n) is 2.83. The van der Waals surface area contributed by atoms with Crippen LogP contribution in [0.25, 0.3) is 0 Å². The zero-order valence-corrected chi connectivity index (χ0v) is 11.5. The Morgan fingerprint density at radius 2 is 1.89 bits per heavy atom. The Bertz CT molecular complexity index is 384. The molecule has 1 aromatic heterocycles. The van der Waals surface area contributed by atoms with Gasteiger partial charge >= 0.3 is 0 Å². The number of hydrogen-bond acceptors (Lipinski definition) is 3. The fourth-order valence-corrected chi connectivity index (χ4v) is 2.83. The van der Waals surface area contributed by atoms with Gasteiger partial charge in [0.2, 0.25) is 0 Å². The lowest BCUT2D eigenvalue weighted by Crippen LogP contribution is -2.32. The number of aromatic nitrogens is 1. The second-order valence-electron chi connectivity index (χ2n) is 5.39. The molecule has 100 valence electrons. The maximum absolute atomic E-state index is 9.28. The summed E-state index contributed by atoms with van der Waals surface area (Å²) in [5.41, 5.74) is 1.94. The molecule has 1 N–H and O–H groups in total. The first-order valence-corrected chi connectivity index (χ1v) is 7.02. The van der Waals surface area contributed by atoms with E-state index in [1.54, 1.807) is 0 Å². The SMILES string of the molecule is Cc1cc(CO)cc(N(C)C2CCCCCC2)n1. The summed E-state index contributed by atoms with van der Waals surface area (Å²) in [5.74, 6) is 1.01. The van der Waals surface area contributed by atoms with Crippen LogP contribution in [0.3, 0.4) is 0 Å². The maximum atomic E-state index is 9.28. The Morgan fingerprint density at radius 3 is 2.50 bits per heavy atom. The van der Waals surface area contributed by atoms with E-state index in [4.69, 9.17) is 0 Å². The van der Waals surface area contributed by atoms with Crippen molar-refractivity contribution in [2.24, 2.45) is 0 Å². The predicted octanol–water partition coefficient (Wildman–Crippen LogP) is 3.04. The van der Waals surface area contributed by atoms with E-state index in [9.17, 15) is 5.11 Å². The first-order chi connectivity index (χ1) is 8.70. The average Bonchev–Trinajstić information content (AvgIpc) is 2.65. The van der Waals surface area contributed by atoms with Crippen LogP contribution in [0, 0.1) is 6.92 Å². The number of pyridine rings is 1. The molecule has 1 aliphatic carbocycles. The summed E-state index contributed by atoms with van der Waals surface area (Å²) in [5, 5.41) is 9.28. The lowest BCUT2D eigenvalue weighted by atomic mass is 10.1. The van der Waals surface area contributed by atoms with Gasteiger partial charge in [-0.25, -0.2) is 4.98 Å². The first-order valence-electron chi connectivity index (χ1n) is 7.02. The van der Waals surface area contributed by atoms with Crippen molar-refractivity contribution in [1.29, 1.82) is 0 Å². The van der Waals surface area contributed by atoms with E-state index in [1.165, 1.54) is 38.5 Å². The van der Waals surface area contributed by atoms with Gasteiger partial charge in [0.25, 0.3) is 0 Å². The zero-order valence-electron chi connectivity index (χ0n) is 11.5. The molecule has 1 aromatic rings. The molecule has 3 nitrogen and oxygen atoms in total. The molecule has 1 heterocycles. The molecular weight excluding hydrogens is 224 g/mol. The summed E-state index contributed by atoms with van der Waals surface area (Å²) in [7, 11) is 2.14. The lowest BCUT2D eigenvalue weighted by Gasteiger charge is -2.28. The van der Waals surface area contributed by atoms with Crippen LogP contribution in [0.4, 0.5) is 5.82 Å². The van der Waals surface area contributed by atoms with Crippen molar-refractivity contribution in [1.82, 2.24) is 4.98 Å². The minimum absolute atomic E-state index is 0.0921. The van der Waals surface area contributed by atoms with Crippen LogP contribution in [0.2, 0.25) is 0 Å². The van der Waals surface area contributed by atoms with Gasteiger partial charge in [0.05, 0.1) is 6.61 Å². The second kappa shape index (κ2) is 6.19. The van der Waals surface area contributed by atoms with Crippen molar-refractivity contribution in [3.8, 4) is 0 Å². The van der Waals surface area contributed by atoms with Crippen molar-refractivity contribution < 1.29 is 5.11 Å².